The molecule has 39 heavy (non-hydrogen) atoms. The molecule has 0 amide bonds. The van der Waals surface area contributed by atoms with E-state index in [4.69, 9.17) is 16.3 Å². The smallest absolute Gasteiger partial charge is 0.331 e. The van der Waals surface area contributed by atoms with Gasteiger partial charge < -0.3 is 4.74 Å². The number of hydrogen-bond acceptors (Lipinski definition) is 4. The van der Waals surface area contributed by atoms with Crippen LogP contribution in [0, 0.1) is 35.0 Å². The summed E-state index contributed by atoms with van der Waals surface area (Å²) in [5, 5.41) is 0.621. The molecule has 206 valence electrons. The molecule has 1 aromatic carbocycles. The van der Waals surface area contributed by atoms with E-state index in [1.54, 1.807) is 24.3 Å². The quantitative estimate of drug-likeness (QED) is 0.145. The third kappa shape index (κ3) is 6.78. The molecular weight excluding hydrogens is 508 g/mol. The van der Waals surface area contributed by atoms with Crippen molar-refractivity contribution >= 4 is 35.7 Å². The zero-order chi connectivity index (χ0) is 28.2. The zero-order valence-corrected chi connectivity index (χ0v) is 24.1. The maximum Gasteiger partial charge on any atom is 0.331 e. The highest BCUT2D eigenvalue weighted by atomic mass is 35.5. The number of aldehydes is 1. The maximum atomic E-state index is 12.7. The number of esters is 1. The van der Waals surface area contributed by atoms with Crippen LogP contribution in [0.3, 0.4) is 0 Å². The van der Waals surface area contributed by atoms with Crippen molar-refractivity contribution in [1.29, 1.82) is 0 Å². The van der Waals surface area contributed by atoms with Crippen LogP contribution < -0.4 is 0 Å². The summed E-state index contributed by atoms with van der Waals surface area (Å²) in [4.78, 5) is 36.7. The van der Waals surface area contributed by atoms with E-state index in [2.05, 4.69) is 32.1 Å². The summed E-state index contributed by atoms with van der Waals surface area (Å²) in [6.07, 6.45) is 18.2. The van der Waals surface area contributed by atoms with Gasteiger partial charge in [0.25, 0.3) is 0 Å². The highest BCUT2D eigenvalue weighted by Gasteiger charge is 2.50. The molecule has 0 heterocycles. The van der Waals surface area contributed by atoms with Gasteiger partial charge in [0.15, 0.2) is 5.78 Å². The molecule has 1 fully saturated rings. The third-order valence-electron chi connectivity index (χ3n) is 9.09. The molecule has 4 rings (SSSR count). The molecule has 0 N–H and O–H groups in total. The van der Waals surface area contributed by atoms with Gasteiger partial charge in [-0.3, -0.25) is 9.59 Å². The van der Waals surface area contributed by atoms with E-state index < -0.39 is 5.97 Å². The van der Waals surface area contributed by atoms with Gasteiger partial charge in [0.2, 0.25) is 0 Å². The first-order valence-electron chi connectivity index (χ1n) is 13.9. The SMILES string of the molecule is CC1=CC(=O)[C@H]2/C(C=O)=C\C[C@H]3[C@@H]([C@@H](C)/C=C\C=C(\C)COC(=O)/C=C/c4cccc(Cl)c4)CC[C@]3(C)C[C@H]12. The van der Waals surface area contributed by atoms with Gasteiger partial charge in [0.1, 0.15) is 12.9 Å². The highest BCUT2D eigenvalue weighted by molar-refractivity contribution is 6.30. The second kappa shape index (κ2) is 12.5. The average molecular weight is 547 g/mol. The minimum absolute atomic E-state index is 0.0914. The number of allylic oxidation sites excluding steroid dienone is 7. The zero-order valence-electron chi connectivity index (χ0n) is 23.4. The standard InChI is InChI=1S/C34H39ClO4/c1-22(21-39-32(38)14-11-25-9-6-10-27(35)18-25)7-5-8-23(2)28-15-16-34(4)19-29-24(3)17-31(37)33(29)26(20-36)12-13-30(28)34/h5-12,14,17-18,20,23,28-30,33H,13,15-16,19,21H2,1-4H3/b8-5-,14-11+,22-7-,26-12-/t23-,28+,29+,30-,33-,34+/m0/s1. The van der Waals surface area contributed by atoms with Gasteiger partial charge in [-0.25, -0.2) is 4.79 Å². The molecule has 0 saturated heterocycles. The van der Waals surface area contributed by atoms with Crippen LogP contribution in [0.4, 0.5) is 0 Å². The van der Waals surface area contributed by atoms with Gasteiger partial charge in [0.05, 0.1) is 5.92 Å². The van der Waals surface area contributed by atoms with Crippen molar-refractivity contribution in [3.8, 4) is 0 Å². The summed E-state index contributed by atoms with van der Waals surface area (Å²) in [5.74, 6) is 0.896. The first-order valence-corrected chi connectivity index (χ1v) is 14.3. The molecule has 0 spiro atoms. The Kier molecular flexibility index (Phi) is 9.27. The summed E-state index contributed by atoms with van der Waals surface area (Å²) in [7, 11) is 0. The normalized spacial score (nSPS) is 31.2. The van der Waals surface area contributed by atoms with Gasteiger partial charge in [-0.2, -0.15) is 0 Å². The molecule has 0 aliphatic heterocycles. The van der Waals surface area contributed by atoms with Gasteiger partial charge >= 0.3 is 5.97 Å². The Morgan fingerprint density at radius 3 is 2.85 bits per heavy atom. The average Bonchev–Trinajstić information content (AvgIpc) is 3.35. The van der Waals surface area contributed by atoms with Gasteiger partial charge in [0, 0.05) is 11.1 Å². The minimum Gasteiger partial charge on any atom is -0.458 e. The minimum atomic E-state index is -0.395. The lowest BCUT2D eigenvalue weighted by Gasteiger charge is -2.40. The van der Waals surface area contributed by atoms with Crippen LogP contribution in [0.5, 0.6) is 0 Å². The predicted molar refractivity (Wildman–Crippen MR) is 157 cm³/mol. The molecule has 3 aliphatic carbocycles. The predicted octanol–water partition coefficient (Wildman–Crippen LogP) is 7.75. The molecule has 0 bridgehead atoms. The molecule has 1 saturated carbocycles. The molecule has 6 atom stereocenters. The Morgan fingerprint density at radius 2 is 2.10 bits per heavy atom. The van der Waals surface area contributed by atoms with Crippen molar-refractivity contribution in [3.05, 3.63) is 88.0 Å². The number of halogens is 1. The number of ether oxygens (including phenoxy) is 1. The molecule has 3 aliphatic rings. The van der Waals surface area contributed by atoms with Crippen LogP contribution in [-0.4, -0.2) is 24.6 Å². The molecule has 4 nitrogen and oxygen atoms in total. The Bertz CT molecular complexity index is 1270. The molecule has 5 heteroatoms. The van der Waals surface area contributed by atoms with Crippen LogP contribution in [0.1, 0.15) is 58.9 Å². The number of ketones is 1. The first-order chi connectivity index (χ1) is 18.6. The van der Waals surface area contributed by atoms with Gasteiger partial charge in [-0.15, -0.1) is 0 Å². The summed E-state index contributed by atoms with van der Waals surface area (Å²) >= 11 is 5.98. The van der Waals surface area contributed by atoms with E-state index in [1.165, 1.54) is 6.08 Å². The van der Waals surface area contributed by atoms with Crippen LogP contribution in [0.25, 0.3) is 6.08 Å². The van der Waals surface area contributed by atoms with E-state index in [0.717, 1.165) is 48.7 Å². The summed E-state index contributed by atoms with van der Waals surface area (Å²) < 4.78 is 5.37. The van der Waals surface area contributed by atoms with E-state index in [0.29, 0.717) is 28.3 Å². The van der Waals surface area contributed by atoms with Crippen molar-refractivity contribution < 1.29 is 19.1 Å². The molecular formula is C34H39ClO4. The Balaban J connectivity index is 1.35. The molecule has 0 aromatic heterocycles. The number of benzene rings is 1. The van der Waals surface area contributed by atoms with E-state index in [9.17, 15) is 14.4 Å². The highest BCUT2D eigenvalue weighted by Crippen LogP contribution is 2.58. The van der Waals surface area contributed by atoms with Crippen LogP contribution in [0.2, 0.25) is 5.02 Å². The fourth-order valence-corrected chi connectivity index (χ4v) is 7.11. The fraction of sp³-hybridized carbons (Fsp3) is 0.441. The molecule has 0 radical (unpaired) electrons. The summed E-state index contributed by atoms with van der Waals surface area (Å²) in [6.45, 7) is 8.89. The number of rotatable bonds is 8. The second-order valence-electron chi connectivity index (χ2n) is 11.9. The van der Waals surface area contributed by atoms with Crippen LogP contribution in [-0.2, 0) is 19.1 Å². The largest absolute Gasteiger partial charge is 0.458 e. The van der Waals surface area contributed by atoms with E-state index in [1.807, 2.05) is 32.1 Å². The Hall–Kier alpha value is -2.98. The summed E-state index contributed by atoms with van der Waals surface area (Å²) in [6, 6.07) is 7.28. The lowest BCUT2D eigenvalue weighted by Crippen LogP contribution is -2.34. The lowest BCUT2D eigenvalue weighted by atomic mass is 9.63. The molecule has 0 unspecified atom stereocenters. The Morgan fingerprint density at radius 1 is 1.31 bits per heavy atom. The number of fused-ring (bicyclic) bond motifs is 2. The van der Waals surface area contributed by atoms with Crippen molar-refractivity contribution in [1.82, 2.24) is 0 Å². The Labute approximate surface area is 237 Å². The molecule has 1 aromatic rings. The third-order valence-corrected chi connectivity index (χ3v) is 9.32. The van der Waals surface area contributed by atoms with Crippen LogP contribution >= 0.6 is 11.6 Å². The van der Waals surface area contributed by atoms with Crippen LogP contribution in [0.15, 0.2) is 77.4 Å². The maximum absolute atomic E-state index is 12.7. The van der Waals surface area contributed by atoms with E-state index in [-0.39, 0.29) is 29.6 Å². The van der Waals surface area contributed by atoms with Crippen molar-refractivity contribution in [2.75, 3.05) is 6.61 Å². The number of hydrogen-bond donors (Lipinski definition) is 0. The van der Waals surface area contributed by atoms with E-state index >= 15 is 0 Å². The fourth-order valence-electron chi connectivity index (χ4n) is 6.91. The van der Waals surface area contributed by atoms with Crippen molar-refractivity contribution in [2.24, 2.45) is 35.0 Å². The van der Waals surface area contributed by atoms with Crippen molar-refractivity contribution in [2.45, 2.75) is 53.4 Å². The first kappa shape index (κ1) is 29.0. The summed E-state index contributed by atoms with van der Waals surface area (Å²) in [5.41, 5.74) is 3.75. The van der Waals surface area contributed by atoms with Gasteiger partial charge in [-0.1, -0.05) is 67.5 Å². The topological polar surface area (TPSA) is 60.4 Å². The number of carbonyl (C=O) groups is 3. The van der Waals surface area contributed by atoms with Gasteiger partial charge in [-0.05, 0) is 110 Å². The monoisotopic (exact) mass is 546 g/mol. The second-order valence-corrected chi connectivity index (χ2v) is 12.3. The lowest BCUT2D eigenvalue weighted by molar-refractivity contribution is -0.136. The number of carbonyl (C=O) groups excluding carboxylic acids is 3. The van der Waals surface area contributed by atoms with Crippen molar-refractivity contribution in [3.63, 3.8) is 0 Å².